The number of halogens is 1. The number of piperazine rings is 1. The summed E-state index contributed by atoms with van der Waals surface area (Å²) in [6, 6.07) is 8.51. The highest BCUT2D eigenvalue weighted by atomic mass is 32.1. The third kappa shape index (κ3) is 4.29. The number of hydrogen-bond acceptors (Lipinski definition) is 10. The van der Waals surface area contributed by atoms with Gasteiger partial charge in [-0.2, -0.15) is 9.50 Å². The zero-order valence-electron chi connectivity index (χ0n) is 20.1. The number of rotatable bonds is 7. The predicted molar refractivity (Wildman–Crippen MR) is 139 cm³/mol. The molecular weight excluding hydrogens is 499 g/mol. The Morgan fingerprint density at radius 3 is 2.70 bits per heavy atom. The molecular formula is C24H25FN8O3S. The monoisotopic (exact) mass is 524 g/mol. The minimum atomic E-state index is -0.283. The van der Waals surface area contributed by atoms with E-state index in [1.807, 2.05) is 11.8 Å². The Morgan fingerprint density at radius 1 is 1.14 bits per heavy atom. The molecule has 192 valence electrons. The zero-order chi connectivity index (χ0) is 25.5. The van der Waals surface area contributed by atoms with Gasteiger partial charge in [-0.05, 0) is 31.2 Å². The Morgan fingerprint density at radius 2 is 1.97 bits per heavy atom. The summed E-state index contributed by atoms with van der Waals surface area (Å²) in [6.45, 7) is 6.35. The number of benzene rings is 1. The van der Waals surface area contributed by atoms with Gasteiger partial charge in [0, 0.05) is 45.3 Å². The molecule has 0 atom stereocenters. The summed E-state index contributed by atoms with van der Waals surface area (Å²) in [5.74, 6) is 1.28. The first-order chi connectivity index (χ1) is 18.0. The van der Waals surface area contributed by atoms with E-state index in [1.165, 1.54) is 10.6 Å². The molecule has 0 spiro atoms. The lowest BCUT2D eigenvalue weighted by Crippen LogP contribution is -2.47. The fourth-order valence-electron chi connectivity index (χ4n) is 4.59. The van der Waals surface area contributed by atoms with Gasteiger partial charge >= 0.3 is 4.87 Å². The molecule has 0 unspecified atom stereocenters. The molecule has 0 aliphatic carbocycles. The Hall–Kier alpha value is -3.97. The number of thiazole rings is 1. The van der Waals surface area contributed by atoms with Crippen LogP contribution in [-0.2, 0) is 6.54 Å². The summed E-state index contributed by atoms with van der Waals surface area (Å²) in [7, 11) is 0. The molecule has 0 saturated carbocycles. The Labute approximate surface area is 214 Å². The van der Waals surface area contributed by atoms with Gasteiger partial charge in [0.25, 0.3) is 0 Å². The fourth-order valence-corrected chi connectivity index (χ4v) is 5.52. The second-order valence-electron chi connectivity index (χ2n) is 8.67. The zero-order valence-corrected chi connectivity index (χ0v) is 20.9. The summed E-state index contributed by atoms with van der Waals surface area (Å²) in [6.07, 6.45) is 1.54. The molecule has 1 aliphatic rings. The molecule has 6 rings (SSSR count). The van der Waals surface area contributed by atoms with Gasteiger partial charge in [-0.15, -0.1) is 5.10 Å². The van der Waals surface area contributed by atoms with E-state index < -0.39 is 0 Å². The number of nitrogens with two attached hydrogens (primary N) is 1. The standard InChI is InChI=1S/C24H25FN8O3S/c1-2-35-15-5-6-17(16(25)14-15)31-10-7-30(8-11-31)9-12-32-21-19(37-24(32)34)22-27-20(18-4-3-13-36-18)29-33(22)23(26)28-21/h3-6,13-14H,2,7-12H2,1H3,(H2,26,28). The maximum atomic E-state index is 14.6. The highest BCUT2D eigenvalue weighted by Gasteiger charge is 2.22. The van der Waals surface area contributed by atoms with Crippen LogP contribution in [0.1, 0.15) is 6.92 Å². The average molecular weight is 525 g/mol. The van der Waals surface area contributed by atoms with Crippen LogP contribution < -0.4 is 20.2 Å². The third-order valence-corrected chi connectivity index (χ3v) is 7.41. The van der Waals surface area contributed by atoms with E-state index in [2.05, 4.69) is 20.0 Å². The first kappa shape index (κ1) is 23.4. The van der Waals surface area contributed by atoms with Crippen molar-refractivity contribution >= 4 is 39.0 Å². The molecule has 0 radical (unpaired) electrons. The Balaban J connectivity index is 1.17. The lowest BCUT2D eigenvalue weighted by Gasteiger charge is -2.36. The fraction of sp³-hybridized carbons (Fsp3) is 0.333. The van der Waals surface area contributed by atoms with Gasteiger partial charge in [0.05, 0.1) is 18.6 Å². The van der Waals surface area contributed by atoms with E-state index in [1.54, 1.807) is 35.1 Å². The molecule has 1 saturated heterocycles. The van der Waals surface area contributed by atoms with Gasteiger partial charge in [0.15, 0.2) is 17.1 Å². The lowest BCUT2D eigenvalue weighted by atomic mass is 10.2. The summed E-state index contributed by atoms with van der Waals surface area (Å²) < 4.78 is 29.1. The number of anilines is 2. The molecule has 37 heavy (non-hydrogen) atoms. The van der Waals surface area contributed by atoms with Crippen molar-refractivity contribution in [1.82, 2.24) is 29.0 Å². The number of nitrogen functional groups attached to an aromatic ring is 1. The van der Waals surface area contributed by atoms with Crippen LogP contribution in [0.2, 0.25) is 0 Å². The van der Waals surface area contributed by atoms with Crippen LogP contribution in [0.3, 0.4) is 0 Å². The molecule has 0 amide bonds. The first-order valence-corrected chi connectivity index (χ1v) is 12.8. The Kier molecular flexibility index (Phi) is 6.00. The minimum absolute atomic E-state index is 0.132. The number of aromatic nitrogens is 5. The van der Waals surface area contributed by atoms with E-state index in [4.69, 9.17) is 14.9 Å². The third-order valence-electron chi connectivity index (χ3n) is 6.44. The minimum Gasteiger partial charge on any atom is -0.494 e. The van der Waals surface area contributed by atoms with Gasteiger partial charge in [-0.1, -0.05) is 11.3 Å². The SMILES string of the molecule is CCOc1ccc(N2CCN(CCn3c(=O)sc4c3nc(N)n3nc(-c5ccco5)nc43)CC2)c(F)c1. The normalized spacial score (nSPS) is 14.7. The first-order valence-electron chi connectivity index (χ1n) is 12.0. The van der Waals surface area contributed by atoms with Crippen LogP contribution in [0.5, 0.6) is 5.75 Å². The lowest BCUT2D eigenvalue weighted by molar-refractivity contribution is 0.248. The van der Waals surface area contributed by atoms with E-state index >= 15 is 0 Å². The second kappa shape index (κ2) is 9.48. The quantitative estimate of drug-likeness (QED) is 0.343. The maximum absolute atomic E-state index is 14.6. The van der Waals surface area contributed by atoms with Crippen molar-refractivity contribution in [3.05, 3.63) is 52.1 Å². The van der Waals surface area contributed by atoms with Gasteiger partial charge in [0.2, 0.25) is 11.8 Å². The maximum Gasteiger partial charge on any atom is 0.309 e. The molecule has 11 nitrogen and oxygen atoms in total. The smallest absolute Gasteiger partial charge is 0.309 e. The predicted octanol–water partition coefficient (Wildman–Crippen LogP) is 2.70. The molecule has 1 fully saturated rings. The average Bonchev–Trinajstić information content (AvgIpc) is 3.63. The van der Waals surface area contributed by atoms with Crippen LogP contribution in [0.4, 0.5) is 16.0 Å². The van der Waals surface area contributed by atoms with Crippen molar-refractivity contribution in [3.63, 3.8) is 0 Å². The molecule has 4 aromatic heterocycles. The van der Waals surface area contributed by atoms with Crippen LogP contribution in [-0.4, -0.2) is 68.4 Å². The van der Waals surface area contributed by atoms with E-state index in [9.17, 15) is 9.18 Å². The summed E-state index contributed by atoms with van der Waals surface area (Å²) in [4.78, 5) is 26.1. The van der Waals surface area contributed by atoms with Gasteiger partial charge in [-0.3, -0.25) is 14.3 Å². The number of fused-ring (bicyclic) bond motifs is 3. The van der Waals surface area contributed by atoms with Crippen molar-refractivity contribution in [3.8, 4) is 17.3 Å². The van der Waals surface area contributed by atoms with E-state index in [-0.39, 0.29) is 16.6 Å². The topological polar surface area (TPSA) is 120 Å². The van der Waals surface area contributed by atoms with Crippen molar-refractivity contribution in [1.29, 1.82) is 0 Å². The van der Waals surface area contributed by atoms with E-state index in [0.29, 0.717) is 71.8 Å². The van der Waals surface area contributed by atoms with Crippen molar-refractivity contribution in [2.45, 2.75) is 13.5 Å². The molecule has 2 N–H and O–H groups in total. The van der Waals surface area contributed by atoms with Gasteiger partial charge in [0.1, 0.15) is 16.3 Å². The van der Waals surface area contributed by atoms with Crippen LogP contribution in [0.15, 0.2) is 45.8 Å². The summed E-state index contributed by atoms with van der Waals surface area (Å²) in [5.41, 5.74) is 7.71. The van der Waals surface area contributed by atoms with Crippen LogP contribution in [0.25, 0.3) is 27.6 Å². The summed E-state index contributed by atoms with van der Waals surface area (Å²) >= 11 is 1.07. The number of hydrogen-bond donors (Lipinski definition) is 1. The Bertz CT molecular complexity index is 1620. The van der Waals surface area contributed by atoms with Crippen LogP contribution in [0, 0.1) is 5.82 Å². The molecule has 5 heterocycles. The number of furan rings is 1. The largest absolute Gasteiger partial charge is 0.494 e. The van der Waals surface area contributed by atoms with Crippen LogP contribution >= 0.6 is 11.3 Å². The van der Waals surface area contributed by atoms with Crippen molar-refractivity contribution < 1.29 is 13.5 Å². The molecule has 13 heteroatoms. The summed E-state index contributed by atoms with van der Waals surface area (Å²) in [5, 5.41) is 4.39. The number of ether oxygens (including phenoxy) is 1. The highest BCUT2D eigenvalue weighted by molar-refractivity contribution is 7.17. The second-order valence-corrected chi connectivity index (χ2v) is 9.63. The molecule has 1 aromatic carbocycles. The van der Waals surface area contributed by atoms with Crippen molar-refractivity contribution in [2.24, 2.45) is 0 Å². The highest BCUT2D eigenvalue weighted by Crippen LogP contribution is 2.27. The van der Waals surface area contributed by atoms with Crippen molar-refractivity contribution in [2.75, 3.05) is 50.0 Å². The molecule has 5 aromatic rings. The number of nitrogens with zero attached hydrogens (tertiary/aromatic N) is 7. The van der Waals surface area contributed by atoms with Gasteiger partial charge < -0.3 is 19.8 Å². The molecule has 0 bridgehead atoms. The van der Waals surface area contributed by atoms with E-state index in [0.717, 1.165) is 24.4 Å². The van der Waals surface area contributed by atoms with Gasteiger partial charge in [-0.25, -0.2) is 9.37 Å². The molecule has 1 aliphatic heterocycles.